The fourth-order valence-corrected chi connectivity index (χ4v) is 9.97. The fourth-order valence-electron chi connectivity index (χ4n) is 7.25. The first kappa shape index (κ1) is 45.6. The lowest BCUT2D eigenvalue weighted by molar-refractivity contribution is -0.192. The molecule has 1 amide bonds. The summed E-state index contributed by atoms with van der Waals surface area (Å²) in [5.41, 5.74) is 2.91. The van der Waals surface area contributed by atoms with Crippen molar-refractivity contribution < 1.29 is 54.5 Å². The topological polar surface area (TPSA) is 172 Å². The van der Waals surface area contributed by atoms with Gasteiger partial charge in [-0.3, -0.25) is 9.80 Å². The second-order valence-corrected chi connectivity index (χ2v) is 18.6. The lowest BCUT2D eigenvalue weighted by Gasteiger charge is -2.17. The monoisotopic (exact) mass is 897 g/mol. The molecule has 19 heteroatoms. The molecule has 2 aliphatic rings. The molecule has 62 heavy (non-hydrogen) atoms. The maximum absolute atomic E-state index is 13.2. The Bertz CT molecular complexity index is 2750. The zero-order valence-electron chi connectivity index (χ0n) is 33.9. The fraction of sp³-hybridized carbons (Fsp3) is 0.302. The van der Waals surface area contributed by atoms with E-state index in [-0.39, 0.29) is 15.5 Å². The van der Waals surface area contributed by atoms with Crippen molar-refractivity contribution in [2.24, 2.45) is 0 Å². The summed E-state index contributed by atoms with van der Waals surface area (Å²) in [6.45, 7) is 5.50. The summed E-state index contributed by atoms with van der Waals surface area (Å²) in [4.78, 5) is 27.4. The second kappa shape index (κ2) is 19.0. The number of hydrogen-bond donors (Lipinski definition) is 2. The average Bonchev–Trinajstić information content (AvgIpc) is 4.07. The number of aromatic hydroxyl groups is 1. The van der Waals surface area contributed by atoms with Gasteiger partial charge in [0.2, 0.25) is 0 Å². The number of alkyl halides is 3. The van der Waals surface area contributed by atoms with Gasteiger partial charge in [-0.15, -0.1) is 0 Å². The van der Waals surface area contributed by atoms with Gasteiger partial charge in [0.25, 0.3) is 20.0 Å². The summed E-state index contributed by atoms with van der Waals surface area (Å²) >= 11 is 0. The number of benzene rings is 4. The molecular weight excluding hydrogens is 852 g/mol. The molecule has 4 aromatic carbocycles. The first-order valence-electron chi connectivity index (χ1n) is 19.6. The van der Waals surface area contributed by atoms with E-state index in [9.17, 15) is 39.9 Å². The highest BCUT2D eigenvalue weighted by Gasteiger charge is 2.38. The number of hydrogen-bond acceptors (Lipinski definition) is 10. The van der Waals surface area contributed by atoms with Crippen LogP contribution in [0.3, 0.4) is 0 Å². The number of carbonyl (C=O) groups is 2. The highest BCUT2D eigenvalue weighted by molar-refractivity contribution is 7.90. The van der Waals surface area contributed by atoms with Crippen LogP contribution in [0.2, 0.25) is 0 Å². The summed E-state index contributed by atoms with van der Waals surface area (Å²) < 4.78 is 92.1. The number of carbonyl (C=O) groups excluding carboxylic acids is 1. The molecule has 4 heterocycles. The van der Waals surface area contributed by atoms with Crippen LogP contribution in [0.4, 0.5) is 18.0 Å². The Morgan fingerprint density at radius 1 is 0.661 bits per heavy atom. The number of halogens is 3. The number of aliphatic carboxylic acids is 1. The Labute approximate surface area is 357 Å². The third-order valence-electron chi connectivity index (χ3n) is 10.3. The first-order chi connectivity index (χ1) is 29.4. The molecule has 0 bridgehead atoms. The number of aromatic nitrogens is 2. The number of amides is 1. The van der Waals surface area contributed by atoms with Gasteiger partial charge in [-0.05, 0) is 112 Å². The molecule has 2 fully saturated rings. The Kier molecular flexibility index (Phi) is 14.0. The largest absolute Gasteiger partial charge is 0.508 e. The van der Waals surface area contributed by atoms with Gasteiger partial charge in [0, 0.05) is 62.5 Å². The Balaban J connectivity index is 0.000000182. The molecule has 14 nitrogen and oxygen atoms in total. The first-order valence-corrected chi connectivity index (χ1v) is 22.5. The van der Waals surface area contributed by atoms with E-state index in [0.29, 0.717) is 23.3 Å². The van der Waals surface area contributed by atoms with Crippen LogP contribution in [0.25, 0.3) is 21.8 Å². The van der Waals surface area contributed by atoms with Gasteiger partial charge in [0.05, 0.1) is 20.8 Å². The molecule has 0 unspecified atom stereocenters. The number of phenols is 1. The standard InChI is InChI=1S/C22H25N3O4S.C19H20N2O3S.C2HF3O2/c1-23(2)22(26)29-18-14-17(16-24-11-6-7-12-24)20-10-13-25(21(20)15-18)30(27,28)19-8-4-3-5-9-19;22-16-12-15(14-20-9-4-5-10-20)18-8-11-21(19(18)13-16)25(23,24)17-6-2-1-3-7-17;3-2(4,5)1(6)7/h3-5,8-10,13-15H,6-7,11-12,16H2,1-2H3;1-3,6-8,11-13,22H,4-5,9-10,14H2;(H,6,7). The smallest absolute Gasteiger partial charge is 0.490 e. The van der Waals surface area contributed by atoms with Gasteiger partial charge in [-0.2, -0.15) is 13.2 Å². The maximum atomic E-state index is 13.2. The molecule has 2 aromatic heterocycles. The molecule has 6 aromatic rings. The SMILES string of the molecule is CN(C)C(=O)Oc1cc(CN2CCCC2)c2ccn(S(=O)(=O)c3ccccc3)c2c1.O=C(O)C(F)(F)F.O=S(=O)(c1ccccc1)n1ccc2c(CN3CCCC3)cc(O)cc21. The molecule has 0 atom stereocenters. The van der Waals surface area contributed by atoms with E-state index in [0.717, 1.165) is 67.5 Å². The maximum Gasteiger partial charge on any atom is 0.490 e. The molecule has 2 N–H and O–H groups in total. The van der Waals surface area contributed by atoms with Crippen molar-refractivity contribution in [3.63, 3.8) is 0 Å². The van der Waals surface area contributed by atoms with Crippen molar-refractivity contribution in [1.29, 1.82) is 0 Å². The number of ether oxygens (including phenoxy) is 1. The minimum Gasteiger partial charge on any atom is -0.508 e. The van der Waals surface area contributed by atoms with E-state index in [2.05, 4.69) is 9.80 Å². The Hall–Kier alpha value is -5.89. The highest BCUT2D eigenvalue weighted by atomic mass is 32.2. The van der Waals surface area contributed by atoms with Crippen molar-refractivity contribution in [2.45, 2.75) is 54.7 Å². The van der Waals surface area contributed by atoms with Crippen LogP contribution in [0, 0.1) is 0 Å². The van der Waals surface area contributed by atoms with Gasteiger partial charge >= 0.3 is 18.2 Å². The molecule has 330 valence electrons. The van der Waals surface area contributed by atoms with E-state index in [1.807, 2.05) is 18.2 Å². The highest BCUT2D eigenvalue weighted by Crippen LogP contribution is 2.32. The lowest BCUT2D eigenvalue weighted by Crippen LogP contribution is -2.25. The number of rotatable bonds is 9. The number of nitrogens with zero attached hydrogens (tertiary/aromatic N) is 5. The van der Waals surface area contributed by atoms with Crippen molar-refractivity contribution in [1.82, 2.24) is 22.6 Å². The molecule has 0 radical (unpaired) electrons. The summed E-state index contributed by atoms with van der Waals surface area (Å²) in [5, 5.41) is 19.0. The van der Waals surface area contributed by atoms with Crippen LogP contribution in [-0.2, 0) is 37.9 Å². The molecule has 0 spiro atoms. The Morgan fingerprint density at radius 2 is 1.06 bits per heavy atom. The third-order valence-corrected chi connectivity index (χ3v) is 13.7. The van der Waals surface area contributed by atoms with E-state index >= 15 is 0 Å². The van der Waals surface area contributed by atoms with Crippen LogP contribution in [-0.4, -0.2) is 108 Å². The number of likely N-dealkylation sites (tertiary alicyclic amines) is 2. The minimum atomic E-state index is -5.08. The quantitative estimate of drug-likeness (QED) is 0.149. The van der Waals surface area contributed by atoms with Crippen LogP contribution in [0.5, 0.6) is 11.5 Å². The van der Waals surface area contributed by atoms with Crippen molar-refractivity contribution in [3.05, 3.63) is 121 Å². The molecule has 8 rings (SSSR count). The zero-order valence-corrected chi connectivity index (χ0v) is 35.5. The van der Waals surface area contributed by atoms with Gasteiger partial charge in [-0.25, -0.2) is 34.4 Å². The molecule has 2 aliphatic heterocycles. The third kappa shape index (κ3) is 10.6. The van der Waals surface area contributed by atoms with Crippen LogP contribution >= 0.6 is 0 Å². The number of phenolic OH excluding ortho intramolecular Hbond substituents is 1. The molecule has 0 saturated carbocycles. The van der Waals surface area contributed by atoms with E-state index < -0.39 is 38.3 Å². The predicted molar refractivity (Wildman–Crippen MR) is 226 cm³/mol. The minimum absolute atomic E-state index is 0.0879. The van der Waals surface area contributed by atoms with E-state index in [1.165, 1.54) is 31.8 Å². The Morgan fingerprint density at radius 3 is 1.47 bits per heavy atom. The van der Waals surface area contributed by atoms with Crippen molar-refractivity contribution in [3.8, 4) is 11.5 Å². The molecule has 0 aliphatic carbocycles. The van der Waals surface area contributed by atoms with Crippen molar-refractivity contribution in [2.75, 3.05) is 40.3 Å². The number of fused-ring (bicyclic) bond motifs is 2. The van der Waals surface area contributed by atoms with E-state index in [1.54, 1.807) is 99.3 Å². The van der Waals surface area contributed by atoms with Gasteiger partial charge in [-0.1, -0.05) is 36.4 Å². The lowest BCUT2D eigenvalue weighted by atomic mass is 10.1. The number of carboxylic acids is 1. The summed E-state index contributed by atoms with van der Waals surface area (Å²) in [6, 6.07) is 27.0. The predicted octanol–water partition coefficient (Wildman–Crippen LogP) is 7.35. The van der Waals surface area contributed by atoms with Crippen LogP contribution in [0.1, 0.15) is 36.8 Å². The summed E-state index contributed by atoms with van der Waals surface area (Å²) in [6.07, 6.45) is 2.23. The zero-order chi connectivity index (χ0) is 44.8. The summed E-state index contributed by atoms with van der Waals surface area (Å²) in [5.74, 6) is -2.34. The molecular formula is C43H46F3N5O9S2. The van der Waals surface area contributed by atoms with Gasteiger partial charge in [0.1, 0.15) is 11.5 Å². The van der Waals surface area contributed by atoms with Crippen LogP contribution < -0.4 is 4.74 Å². The van der Waals surface area contributed by atoms with E-state index in [4.69, 9.17) is 14.6 Å². The van der Waals surface area contributed by atoms with Gasteiger partial charge < -0.3 is 19.8 Å². The van der Waals surface area contributed by atoms with Crippen molar-refractivity contribution >= 4 is 53.9 Å². The second-order valence-electron chi connectivity index (χ2n) is 14.9. The average molecular weight is 898 g/mol. The number of carboxylic acid groups (broad SMARTS) is 1. The summed E-state index contributed by atoms with van der Waals surface area (Å²) in [7, 11) is -4.26. The normalized spacial score (nSPS) is 14.9. The van der Waals surface area contributed by atoms with Crippen LogP contribution in [0.15, 0.2) is 119 Å². The van der Waals surface area contributed by atoms with Gasteiger partial charge in [0.15, 0.2) is 0 Å². The molecule has 2 saturated heterocycles.